The first kappa shape index (κ1) is 20.7. The first-order chi connectivity index (χ1) is 14.9. The normalized spacial score (nSPS) is 11.0. The number of carbonyl (C=O) groups excluding carboxylic acids is 1. The summed E-state index contributed by atoms with van der Waals surface area (Å²) >= 11 is 1.53. The molecule has 0 aliphatic carbocycles. The summed E-state index contributed by atoms with van der Waals surface area (Å²) < 4.78 is 20.8. The summed E-state index contributed by atoms with van der Waals surface area (Å²) in [4.78, 5) is 13.8. The van der Waals surface area contributed by atoms with E-state index in [0.29, 0.717) is 22.8 Å². The maximum Gasteiger partial charge on any atom is 0.256 e. The van der Waals surface area contributed by atoms with Crippen LogP contribution < -0.4 is 5.32 Å². The molecule has 31 heavy (non-hydrogen) atoms. The van der Waals surface area contributed by atoms with Crippen molar-refractivity contribution in [2.24, 2.45) is 0 Å². The zero-order valence-corrected chi connectivity index (χ0v) is 17.9. The van der Waals surface area contributed by atoms with E-state index in [2.05, 4.69) is 26.0 Å². The fourth-order valence-corrected chi connectivity index (χ4v) is 4.25. The molecule has 1 N–H and O–H groups in total. The number of aryl methyl sites for hydroxylation is 3. The average Bonchev–Trinajstić information content (AvgIpc) is 3.33. The second-order valence-corrected chi connectivity index (χ2v) is 7.86. The first-order valence-corrected chi connectivity index (χ1v) is 10.4. The number of rotatable bonds is 6. The molecule has 0 spiro atoms. The highest BCUT2D eigenvalue weighted by Gasteiger charge is 2.16. The van der Waals surface area contributed by atoms with Gasteiger partial charge in [-0.05, 0) is 61.5 Å². The van der Waals surface area contributed by atoms with E-state index in [9.17, 15) is 9.18 Å². The Kier molecular flexibility index (Phi) is 5.81. The number of nitrogens with one attached hydrogen (secondary N) is 1. The summed E-state index contributed by atoms with van der Waals surface area (Å²) in [6.07, 6.45) is 0. The summed E-state index contributed by atoms with van der Waals surface area (Å²) in [6, 6.07) is 11.6. The standard InChI is InChI=1S/C21H19FN6O2S/c1-12-17(13(2)30-25-12)11-31-20-7-5-4-6-16(20)21(29)23-15-8-9-18(22)19(10-15)28-14(3)24-26-27-28/h4-10H,11H2,1-3H3,(H,23,29). The minimum Gasteiger partial charge on any atom is -0.361 e. The van der Waals surface area contributed by atoms with Gasteiger partial charge in [0, 0.05) is 21.9 Å². The second kappa shape index (κ2) is 8.68. The van der Waals surface area contributed by atoms with Crippen molar-refractivity contribution in [3.8, 4) is 5.69 Å². The summed E-state index contributed by atoms with van der Waals surface area (Å²) in [5.41, 5.74) is 2.95. The molecule has 4 rings (SSSR count). The van der Waals surface area contributed by atoms with Crippen LogP contribution >= 0.6 is 11.8 Å². The number of carbonyl (C=O) groups is 1. The van der Waals surface area contributed by atoms with Crippen LogP contribution in [0.3, 0.4) is 0 Å². The average molecular weight is 438 g/mol. The van der Waals surface area contributed by atoms with Crippen LogP contribution in [-0.4, -0.2) is 31.3 Å². The van der Waals surface area contributed by atoms with Crippen molar-refractivity contribution < 1.29 is 13.7 Å². The zero-order chi connectivity index (χ0) is 22.0. The van der Waals surface area contributed by atoms with E-state index in [1.165, 1.54) is 34.6 Å². The Hall–Kier alpha value is -3.53. The van der Waals surface area contributed by atoms with Crippen LogP contribution in [0.1, 0.15) is 33.2 Å². The summed E-state index contributed by atoms with van der Waals surface area (Å²) in [6.45, 7) is 5.42. The minimum atomic E-state index is -0.496. The van der Waals surface area contributed by atoms with Gasteiger partial charge in [-0.1, -0.05) is 17.3 Å². The van der Waals surface area contributed by atoms with Gasteiger partial charge >= 0.3 is 0 Å². The molecule has 0 saturated heterocycles. The molecule has 0 unspecified atom stereocenters. The van der Waals surface area contributed by atoms with Gasteiger partial charge in [0.2, 0.25) is 0 Å². The lowest BCUT2D eigenvalue weighted by Gasteiger charge is -2.11. The van der Waals surface area contributed by atoms with Crippen molar-refractivity contribution in [2.75, 3.05) is 5.32 Å². The Morgan fingerprint density at radius 3 is 2.71 bits per heavy atom. The summed E-state index contributed by atoms with van der Waals surface area (Å²) in [5.74, 6) is 1.04. The number of nitrogens with zero attached hydrogens (tertiary/aromatic N) is 5. The highest BCUT2D eigenvalue weighted by molar-refractivity contribution is 7.98. The van der Waals surface area contributed by atoms with E-state index < -0.39 is 5.82 Å². The van der Waals surface area contributed by atoms with Crippen LogP contribution in [0.2, 0.25) is 0 Å². The van der Waals surface area contributed by atoms with Crippen LogP contribution in [0.5, 0.6) is 0 Å². The SMILES string of the molecule is Cc1noc(C)c1CSc1ccccc1C(=O)Nc1ccc(F)c(-n2nnnc2C)c1. The molecular formula is C21H19FN6O2S. The maximum absolute atomic E-state index is 14.3. The second-order valence-electron chi connectivity index (χ2n) is 6.85. The minimum absolute atomic E-state index is 0.154. The quantitative estimate of drug-likeness (QED) is 0.449. The van der Waals surface area contributed by atoms with E-state index in [1.54, 1.807) is 19.1 Å². The molecule has 0 aliphatic heterocycles. The fourth-order valence-electron chi connectivity index (χ4n) is 3.04. The Labute approximate surface area is 181 Å². The number of tetrazole rings is 1. The molecule has 2 heterocycles. The molecule has 8 nitrogen and oxygen atoms in total. The number of aromatic nitrogens is 5. The van der Waals surface area contributed by atoms with E-state index in [-0.39, 0.29) is 11.6 Å². The smallest absolute Gasteiger partial charge is 0.256 e. The molecule has 1 amide bonds. The Bertz CT molecular complexity index is 1230. The molecule has 0 atom stereocenters. The Balaban J connectivity index is 1.55. The lowest BCUT2D eigenvalue weighted by atomic mass is 10.2. The van der Waals surface area contributed by atoms with Crippen LogP contribution in [0.15, 0.2) is 51.9 Å². The molecule has 2 aromatic heterocycles. The van der Waals surface area contributed by atoms with Crippen LogP contribution in [0, 0.1) is 26.6 Å². The predicted octanol–water partition coefficient (Wildman–Crippen LogP) is 4.26. The van der Waals surface area contributed by atoms with Gasteiger partial charge in [-0.15, -0.1) is 16.9 Å². The summed E-state index contributed by atoms with van der Waals surface area (Å²) in [5, 5.41) is 17.9. The van der Waals surface area contributed by atoms with Gasteiger partial charge in [-0.3, -0.25) is 4.79 Å². The Morgan fingerprint density at radius 1 is 1.19 bits per heavy atom. The van der Waals surface area contributed by atoms with Gasteiger partial charge in [0.05, 0.1) is 11.3 Å². The van der Waals surface area contributed by atoms with Crippen molar-refractivity contribution in [3.05, 3.63) is 76.7 Å². The lowest BCUT2D eigenvalue weighted by molar-refractivity contribution is 0.102. The number of amides is 1. The molecule has 0 fully saturated rings. The highest BCUT2D eigenvalue weighted by Crippen LogP contribution is 2.29. The van der Waals surface area contributed by atoms with Gasteiger partial charge in [0.15, 0.2) is 5.82 Å². The van der Waals surface area contributed by atoms with Crippen LogP contribution in [0.4, 0.5) is 10.1 Å². The lowest BCUT2D eigenvalue weighted by Crippen LogP contribution is -2.14. The molecule has 4 aromatic rings. The molecule has 158 valence electrons. The number of hydrogen-bond acceptors (Lipinski definition) is 7. The van der Waals surface area contributed by atoms with Gasteiger partial charge in [-0.2, -0.15) is 4.68 Å². The van der Waals surface area contributed by atoms with Crippen LogP contribution in [-0.2, 0) is 5.75 Å². The third kappa shape index (κ3) is 4.33. The molecule has 2 aromatic carbocycles. The van der Waals surface area contributed by atoms with Crippen molar-refractivity contribution in [1.82, 2.24) is 25.4 Å². The number of anilines is 1. The van der Waals surface area contributed by atoms with Crippen molar-refractivity contribution in [3.63, 3.8) is 0 Å². The molecule has 0 saturated carbocycles. The van der Waals surface area contributed by atoms with Crippen molar-refractivity contribution in [1.29, 1.82) is 0 Å². The molecule has 10 heteroatoms. The number of hydrogen-bond donors (Lipinski definition) is 1. The van der Waals surface area contributed by atoms with E-state index >= 15 is 0 Å². The monoisotopic (exact) mass is 438 g/mol. The third-order valence-electron chi connectivity index (χ3n) is 4.74. The number of halogens is 1. The van der Waals surface area contributed by atoms with E-state index in [1.807, 2.05) is 26.0 Å². The molecule has 0 radical (unpaired) electrons. The summed E-state index contributed by atoms with van der Waals surface area (Å²) in [7, 11) is 0. The topological polar surface area (TPSA) is 98.7 Å². The predicted molar refractivity (Wildman–Crippen MR) is 114 cm³/mol. The van der Waals surface area contributed by atoms with Crippen LogP contribution in [0.25, 0.3) is 5.69 Å². The molecule has 0 bridgehead atoms. The first-order valence-electron chi connectivity index (χ1n) is 9.44. The number of benzene rings is 2. The number of thioether (sulfide) groups is 1. The Morgan fingerprint density at radius 2 is 2.00 bits per heavy atom. The van der Waals surface area contributed by atoms with Gasteiger partial charge in [0.1, 0.15) is 17.3 Å². The van der Waals surface area contributed by atoms with E-state index in [0.717, 1.165) is 21.9 Å². The highest BCUT2D eigenvalue weighted by atomic mass is 32.2. The van der Waals surface area contributed by atoms with Gasteiger partial charge in [0.25, 0.3) is 5.91 Å². The zero-order valence-electron chi connectivity index (χ0n) is 17.1. The van der Waals surface area contributed by atoms with Crippen molar-refractivity contribution in [2.45, 2.75) is 31.4 Å². The van der Waals surface area contributed by atoms with Gasteiger partial charge < -0.3 is 9.84 Å². The largest absolute Gasteiger partial charge is 0.361 e. The molecular weight excluding hydrogens is 419 g/mol. The fraction of sp³-hybridized carbons (Fsp3) is 0.190. The molecule has 0 aliphatic rings. The maximum atomic E-state index is 14.3. The van der Waals surface area contributed by atoms with Crippen molar-refractivity contribution >= 4 is 23.4 Å². The van der Waals surface area contributed by atoms with Gasteiger partial charge in [-0.25, -0.2) is 4.39 Å². The third-order valence-corrected chi connectivity index (χ3v) is 5.84. The van der Waals surface area contributed by atoms with E-state index in [4.69, 9.17) is 4.52 Å².